The number of rotatable bonds is 11. The molecule has 1 aromatic heterocycles. The second-order valence-electron chi connectivity index (χ2n) is 12.3. The number of likely N-dealkylation sites (tertiary alicyclic amines) is 1. The lowest BCUT2D eigenvalue weighted by molar-refractivity contribution is 0.211. The molecule has 5 aromatic rings. The van der Waals surface area contributed by atoms with Crippen LogP contribution in [0.3, 0.4) is 0 Å². The minimum Gasteiger partial charge on any atom is -0.366 e. The van der Waals surface area contributed by atoms with E-state index < -0.39 is 0 Å². The summed E-state index contributed by atoms with van der Waals surface area (Å²) in [7, 11) is 0. The molecule has 0 bridgehead atoms. The van der Waals surface area contributed by atoms with Crippen LogP contribution >= 0.6 is 0 Å². The van der Waals surface area contributed by atoms with E-state index in [1.165, 1.54) is 27.8 Å². The predicted octanol–water partition coefficient (Wildman–Crippen LogP) is 8.80. The molecule has 0 unspecified atom stereocenters. The number of fused-ring (bicyclic) bond motifs is 1. The van der Waals surface area contributed by atoms with Crippen molar-refractivity contribution >= 4 is 28.2 Å². The molecule has 5 nitrogen and oxygen atoms in total. The quantitative estimate of drug-likeness (QED) is 0.163. The Morgan fingerprint density at radius 1 is 0.818 bits per heavy atom. The Bertz CT molecular complexity index is 1670. The Balaban J connectivity index is 1.05. The van der Waals surface area contributed by atoms with Gasteiger partial charge in [-0.1, -0.05) is 67.6 Å². The highest BCUT2D eigenvalue weighted by molar-refractivity contribution is 5.85. The van der Waals surface area contributed by atoms with Gasteiger partial charge in [0.1, 0.15) is 5.82 Å². The van der Waals surface area contributed by atoms with Crippen LogP contribution in [0.2, 0.25) is 0 Å². The molecule has 5 heteroatoms. The number of nitrogens with zero attached hydrogens (tertiary/aromatic N) is 3. The van der Waals surface area contributed by atoms with Gasteiger partial charge in [-0.2, -0.15) is 0 Å². The van der Waals surface area contributed by atoms with Crippen molar-refractivity contribution in [2.24, 2.45) is 0 Å². The third kappa shape index (κ3) is 7.46. The maximum atomic E-state index is 5.03. The summed E-state index contributed by atoms with van der Waals surface area (Å²) in [5.74, 6) is 0.862. The van der Waals surface area contributed by atoms with Crippen molar-refractivity contribution in [1.29, 1.82) is 0 Å². The number of benzene rings is 4. The van der Waals surface area contributed by atoms with Gasteiger partial charge in [0, 0.05) is 42.6 Å². The highest BCUT2D eigenvalue weighted by atomic mass is 15.1. The topological polar surface area (TPSA) is 53.1 Å². The van der Waals surface area contributed by atoms with E-state index in [0.717, 1.165) is 91.9 Å². The molecule has 0 aliphatic carbocycles. The molecular formula is C39H45N5. The van der Waals surface area contributed by atoms with Gasteiger partial charge in [-0.15, -0.1) is 0 Å². The number of hydrogen-bond donors (Lipinski definition) is 2. The lowest BCUT2D eigenvalue weighted by atomic mass is 9.99. The molecule has 0 spiro atoms. The maximum absolute atomic E-state index is 5.03. The maximum Gasteiger partial charge on any atom is 0.145 e. The predicted molar refractivity (Wildman–Crippen MR) is 185 cm³/mol. The van der Waals surface area contributed by atoms with Gasteiger partial charge < -0.3 is 10.6 Å². The van der Waals surface area contributed by atoms with Crippen molar-refractivity contribution < 1.29 is 0 Å². The fourth-order valence-corrected chi connectivity index (χ4v) is 6.34. The van der Waals surface area contributed by atoms with Crippen molar-refractivity contribution in [3.05, 3.63) is 125 Å². The fourth-order valence-electron chi connectivity index (χ4n) is 6.34. The van der Waals surface area contributed by atoms with E-state index in [4.69, 9.17) is 9.97 Å². The molecule has 0 amide bonds. The van der Waals surface area contributed by atoms with Crippen LogP contribution < -0.4 is 10.6 Å². The lowest BCUT2D eigenvalue weighted by Gasteiger charge is -2.32. The number of hydrogen-bond acceptors (Lipinski definition) is 5. The van der Waals surface area contributed by atoms with E-state index >= 15 is 0 Å². The number of piperidine rings is 1. The van der Waals surface area contributed by atoms with Crippen LogP contribution in [0.1, 0.15) is 59.6 Å². The summed E-state index contributed by atoms with van der Waals surface area (Å²) >= 11 is 0. The van der Waals surface area contributed by atoms with Gasteiger partial charge in [0.05, 0.1) is 17.2 Å². The second kappa shape index (κ2) is 14.0. The summed E-state index contributed by atoms with van der Waals surface area (Å²) in [6.07, 6.45) is 8.56. The third-order valence-electron chi connectivity index (χ3n) is 9.12. The van der Waals surface area contributed by atoms with Gasteiger partial charge in [-0.05, 0) is 104 Å². The zero-order valence-corrected chi connectivity index (χ0v) is 26.4. The molecule has 0 radical (unpaired) electrons. The van der Waals surface area contributed by atoms with Gasteiger partial charge in [0.15, 0.2) is 0 Å². The van der Waals surface area contributed by atoms with E-state index in [9.17, 15) is 0 Å². The number of anilines is 3. The van der Waals surface area contributed by atoms with Crippen LogP contribution in [0.5, 0.6) is 0 Å². The molecule has 0 saturated carbocycles. The number of aryl methyl sites for hydroxylation is 5. The Morgan fingerprint density at radius 3 is 2.34 bits per heavy atom. The monoisotopic (exact) mass is 583 g/mol. The first-order valence-corrected chi connectivity index (χ1v) is 16.3. The molecule has 2 heterocycles. The average Bonchev–Trinajstić information content (AvgIpc) is 3.05. The van der Waals surface area contributed by atoms with Crippen molar-refractivity contribution in [2.75, 3.05) is 23.7 Å². The Hall–Kier alpha value is -4.22. The van der Waals surface area contributed by atoms with E-state index in [-0.39, 0.29) is 0 Å². The third-order valence-corrected chi connectivity index (χ3v) is 9.12. The second-order valence-corrected chi connectivity index (χ2v) is 12.3. The summed E-state index contributed by atoms with van der Waals surface area (Å²) in [4.78, 5) is 12.3. The highest BCUT2D eigenvalue weighted by Crippen LogP contribution is 2.28. The molecule has 1 saturated heterocycles. The Morgan fingerprint density at radius 2 is 1.59 bits per heavy atom. The number of aromatic nitrogens is 2. The van der Waals surface area contributed by atoms with Crippen molar-refractivity contribution in [1.82, 2.24) is 14.9 Å². The molecule has 0 atom stereocenters. The van der Waals surface area contributed by atoms with Crippen LogP contribution in [0, 0.1) is 13.8 Å². The normalized spacial score (nSPS) is 14.2. The molecular weight excluding hydrogens is 538 g/mol. The minimum atomic E-state index is 0.415. The largest absolute Gasteiger partial charge is 0.366 e. The minimum absolute atomic E-state index is 0.415. The summed E-state index contributed by atoms with van der Waals surface area (Å²) in [6, 6.07) is 31.2. The van der Waals surface area contributed by atoms with Crippen LogP contribution in [0.15, 0.2) is 91.1 Å². The van der Waals surface area contributed by atoms with E-state index in [0.29, 0.717) is 6.04 Å². The molecule has 1 aliphatic rings. The summed E-state index contributed by atoms with van der Waals surface area (Å²) in [5, 5.41) is 7.34. The van der Waals surface area contributed by atoms with Gasteiger partial charge in [-0.25, -0.2) is 4.98 Å². The van der Waals surface area contributed by atoms with E-state index in [1.807, 2.05) is 6.20 Å². The molecule has 1 aliphatic heterocycles. The van der Waals surface area contributed by atoms with Crippen LogP contribution in [-0.4, -0.2) is 34.0 Å². The summed E-state index contributed by atoms with van der Waals surface area (Å²) < 4.78 is 0. The standard InChI is InChI=1S/C39H45N5/c1-4-30-13-15-31(16-14-30)11-8-12-33-17-18-35(25-28(33)2)41-36-19-20-37-39(29(36)3)43-38(26-40-37)42-34-21-23-44(24-22-34)27-32-9-6-5-7-10-32/h5-7,9-10,13-20,25-26,34,41H,4,8,11-12,21-24,27H2,1-3H3,(H,42,43). The smallest absolute Gasteiger partial charge is 0.145 e. The first-order chi connectivity index (χ1) is 21.5. The number of nitrogens with one attached hydrogen (secondary N) is 2. The van der Waals surface area contributed by atoms with Crippen LogP contribution in [-0.2, 0) is 25.8 Å². The van der Waals surface area contributed by atoms with Gasteiger partial charge in [0.2, 0.25) is 0 Å². The van der Waals surface area contributed by atoms with Crippen LogP contribution in [0.4, 0.5) is 17.2 Å². The van der Waals surface area contributed by atoms with Gasteiger partial charge in [-0.3, -0.25) is 9.88 Å². The lowest BCUT2D eigenvalue weighted by Crippen LogP contribution is -2.38. The van der Waals surface area contributed by atoms with Gasteiger partial charge >= 0.3 is 0 Å². The molecule has 44 heavy (non-hydrogen) atoms. The first-order valence-electron chi connectivity index (χ1n) is 16.3. The molecule has 2 N–H and O–H groups in total. The Kier molecular flexibility index (Phi) is 9.52. The molecule has 226 valence electrons. The molecule has 6 rings (SSSR count). The summed E-state index contributed by atoms with van der Waals surface area (Å²) in [6.45, 7) is 9.77. The zero-order chi connectivity index (χ0) is 30.3. The summed E-state index contributed by atoms with van der Waals surface area (Å²) in [5.41, 5.74) is 12.1. The van der Waals surface area contributed by atoms with E-state index in [1.54, 1.807) is 0 Å². The highest BCUT2D eigenvalue weighted by Gasteiger charge is 2.20. The van der Waals surface area contributed by atoms with Crippen molar-refractivity contribution in [2.45, 2.75) is 71.9 Å². The first kappa shape index (κ1) is 29.8. The molecule has 1 fully saturated rings. The van der Waals surface area contributed by atoms with Crippen molar-refractivity contribution in [3.8, 4) is 0 Å². The van der Waals surface area contributed by atoms with E-state index in [2.05, 4.69) is 121 Å². The van der Waals surface area contributed by atoms with Gasteiger partial charge in [0.25, 0.3) is 0 Å². The molecule has 4 aromatic carbocycles. The zero-order valence-electron chi connectivity index (χ0n) is 26.4. The van der Waals surface area contributed by atoms with Crippen LogP contribution in [0.25, 0.3) is 11.0 Å². The SMILES string of the molecule is CCc1ccc(CCCc2ccc(Nc3ccc4ncc(NC5CCN(Cc6ccccc6)CC5)nc4c3C)cc2C)cc1. The average molecular weight is 584 g/mol. The van der Waals surface area contributed by atoms with Crippen molar-refractivity contribution in [3.63, 3.8) is 0 Å². The Labute approximate surface area is 262 Å². The fraction of sp³-hybridized carbons (Fsp3) is 0.333.